The van der Waals surface area contributed by atoms with Gasteiger partial charge in [-0.1, -0.05) is 38.4 Å². The number of benzene rings is 2. The van der Waals surface area contributed by atoms with Crippen LogP contribution < -0.4 is 4.74 Å². The highest BCUT2D eigenvalue weighted by Gasteiger charge is 2.17. The fourth-order valence-corrected chi connectivity index (χ4v) is 5.06. The number of H-pyrrole nitrogens is 1. The summed E-state index contributed by atoms with van der Waals surface area (Å²) < 4.78 is 8.03. The quantitative estimate of drug-likeness (QED) is 0.219. The molecular weight excluding hydrogens is 590 g/mol. The lowest BCUT2D eigenvalue weighted by Crippen LogP contribution is -2.45. The molecule has 0 atom stereocenters. The standard InChI is InChI=1S/C29H37ClN6O.3ClH/c1-5-34-10-12-35(13-11-34)17-22-6-8-26-27(14-22)33-29(32-26)25-16-31-36(21(25)4)18-23-15-24(30)7-9-28(23)37-19-20(2)3;;;/h6-9,14-16,20H,5,10-13,17-19H2,1-4H3,(H,32,33);3*1H. The van der Waals surface area contributed by atoms with E-state index in [-0.39, 0.29) is 37.2 Å². The number of halogens is 4. The van der Waals surface area contributed by atoms with Crippen molar-refractivity contribution in [1.82, 2.24) is 29.5 Å². The maximum absolute atomic E-state index is 6.31. The average Bonchev–Trinajstić information content (AvgIpc) is 3.46. The van der Waals surface area contributed by atoms with Crippen LogP contribution >= 0.6 is 48.8 Å². The van der Waals surface area contributed by atoms with Gasteiger partial charge in [0.05, 0.1) is 35.9 Å². The van der Waals surface area contributed by atoms with Crippen molar-refractivity contribution in [3.63, 3.8) is 0 Å². The van der Waals surface area contributed by atoms with Crippen molar-refractivity contribution in [1.29, 1.82) is 0 Å². The number of nitrogens with zero attached hydrogens (tertiary/aromatic N) is 5. The van der Waals surface area contributed by atoms with Crippen LogP contribution in [-0.2, 0) is 13.1 Å². The van der Waals surface area contributed by atoms with Gasteiger partial charge in [0.2, 0.25) is 0 Å². The maximum atomic E-state index is 6.31. The van der Waals surface area contributed by atoms with E-state index in [1.54, 1.807) is 0 Å². The van der Waals surface area contributed by atoms with Crippen LogP contribution in [0.2, 0.25) is 5.02 Å². The van der Waals surface area contributed by atoms with E-state index in [1.165, 1.54) is 5.56 Å². The highest BCUT2D eigenvalue weighted by atomic mass is 35.5. The topological polar surface area (TPSA) is 62.2 Å². The summed E-state index contributed by atoms with van der Waals surface area (Å²) in [7, 11) is 0. The monoisotopic (exact) mass is 628 g/mol. The summed E-state index contributed by atoms with van der Waals surface area (Å²) in [6, 6.07) is 12.3. The molecular formula is C29H40Cl4N6O. The molecule has 4 aromatic rings. The lowest BCUT2D eigenvalue weighted by Gasteiger charge is -2.34. The van der Waals surface area contributed by atoms with Crippen molar-refractivity contribution in [2.75, 3.05) is 39.3 Å². The van der Waals surface area contributed by atoms with Crippen molar-refractivity contribution >= 4 is 59.9 Å². The maximum Gasteiger partial charge on any atom is 0.141 e. The molecule has 0 aliphatic carbocycles. The second-order valence-electron chi connectivity index (χ2n) is 10.4. The zero-order chi connectivity index (χ0) is 25.9. The third-order valence-electron chi connectivity index (χ3n) is 7.14. The van der Waals surface area contributed by atoms with Crippen LogP contribution in [0.4, 0.5) is 0 Å². The van der Waals surface area contributed by atoms with E-state index in [1.807, 2.05) is 29.1 Å². The number of hydrogen-bond acceptors (Lipinski definition) is 5. The molecule has 5 rings (SSSR count). The number of hydrogen-bond donors (Lipinski definition) is 1. The summed E-state index contributed by atoms with van der Waals surface area (Å²) in [6.45, 7) is 16.5. The Balaban J connectivity index is 0.00000187. The van der Waals surface area contributed by atoms with E-state index in [2.05, 4.69) is 65.8 Å². The summed E-state index contributed by atoms with van der Waals surface area (Å²) in [4.78, 5) is 13.5. The Bertz CT molecular complexity index is 1360. The van der Waals surface area contributed by atoms with Crippen LogP contribution in [0.3, 0.4) is 0 Å². The summed E-state index contributed by atoms with van der Waals surface area (Å²) >= 11 is 6.31. The molecule has 0 saturated carbocycles. The number of ether oxygens (including phenoxy) is 1. The Morgan fingerprint density at radius 3 is 2.40 bits per heavy atom. The number of fused-ring (bicyclic) bond motifs is 1. The molecule has 0 unspecified atom stereocenters. The van der Waals surface area contributed by atoms with E-state index in [9.17, 15) is 0 Å². The van der Waals surface area contributed by atoms with Gasteiger partial charge in [-0.05, 0) is 55.3 Å². The van der Waals surface area contributed by atoms with Gasteiger partial charge in [0.1, 0.15) is 11.6 Å². The van der Waals surface area contributed by atoms with Gasteiger partial charge in [0, 0.05) is 49.0 Å². The van der Waals surface area contributed by atoms with Gasteiger partial charge in [0.25, 0.3) is 0 Å². The van der Waals surface area contributed by atoms with Crippen LogP contribution in [0.25, 0.3) is 22.4 Å². The van der Waals surface area contributed by atoms with Gasteiger partial charge in [-0.25, -0.2) is 4.98 Å². The van der Waals surface area contributed by atoms with Crippen LogP contribution in [0, 0.1) is 12.8 Å². The number of imidazole rings is 1. The second kappa shape index (κ2) is 15.3. The summed E-state index contributed by atoms with van der Waals surface area (Å²) in [6.07, 6.45) is 1.89. The second-order valence-corrected chi connectivity index (χ2v) is 10.8. The Hall–Kier alpha value is -2.00. The molecule has 11 heteroatoms. The first-order valence-corrected chi connectivity index (χ1v) is 13.6. The predicted molar refractivity (Wildman–Crippen MR) is 172 cm³/mol. The van der Waals surface area contributed by atoms with Gasteiger partial charge in [-0.15, -0.1) is 37.2 Å². The third-order valence-corrected chi connectivity index (χ3v) is 7.37. The van der Waals surface area contributed by atoms with Gasteiger partial charge < -0.3 is 14.6 Å². The molecule has 2 aromatic carbocycles. The molecule has 0 amide bonds. The molecule has 1 N–H and O–H groups in total. The first-order chi connectivity index (χ1) is 17.9. The van der Waals surface area contributed by atoms with Crippen molar-refractivity contribution in [2.45, 2.75) is 40.8 Å². The van der Waals surface area contributed by atoms with E-state index < -0.39 is 0 Å². The minimum atomic E-state index is 0. The number of piperazine rings is 1. The molecule has 1 fully saturated rings. The van der Waals surface area contributed by atoms with Crippen LogP contribution in [-0.4, -0.2) is 68.9 Å². The molecule has 220 valence electrons. The molecule has 3 heterocycles. The van der Waals surface area contributed by atoms with Gasteiger partial charge in [0.15, 0.2) is 0 Å². The van der Waals surface area contributed by atoms with E-state index in [0.717, 1.165) is 78.7 Å². The van der Waals surface area contributed by atoms with Gasteiger partial charge in [-0.3, -0.25) is 9.58 Å². The fourth-order valence-electron chi connectivity index (χ4n) is 4.87. The fraction of sp³-hybridized carbons (Fsp3) is 0.448. The van der Waals surface area contributed by atoms with E-state index >= 15 is 0 Å². The minimum Gasteiger partial charge on any atom is -0.493 e. The number of aromatic amines is 1. The van der Waals surface area contributed by atoms with Crippen molar-refractivity contribution in [3.8, 4) is 17.1 Å². The summed E-state index contributed by atoms with van der Waals surface area (Å²) in [5.41, 5.74) is 6.40. The Morgan fingerprint density at radius 2 is 1.70 bits per heavy atom. The van der Waals surface area contributed by atoms with Crippen molar-refractivity contribution in [2.24, 2.45) is 5.92 Å². The molecule has 0 radical (unpaired) electrons. The van der Waals surface area contributed by atoms with Crippen LogP contribution in [0.1, 0.15) is 37.6 Å². The van der Waals surface area contributed by atoms with Crippen molar-refractivity contribution in [3.05, 3.63) is 64.4 Å². The largest absolute Gasteiger partial charge is 0.493 e. The van der Waals surface area contributed by atoms with E-state index in [4.69, 9.17) is 21.3 Å². The average molecular weight is 630 g/mol. The third kappa shape index (κ3) is 8.05. The summed E-state index contributed by atoms with van der Waals surface area (Å²) in [5, 5.41) is 5.37. The molecule has 1 saturated heterocycles. The number of likely N-dealkylation sites (N-methyl/N-ethyl adjacent to an activating group) is 1. The molecule has 0 spiro atoms. The Morgan fingerprint density at radius 1 is 0.975 bits per heavy atom. The smallest absolute Gasteiger partial charge is 0.141 e. The van der Waals surface area contributed by atoms with Gasteiger partial charge in [-0.2, -0.15) is 5.10 Å². The normalized spacial score (nSPS) is 14.1. The Labute approximate surface area is 260 Å². The molecule has 40 heavy (non-hydrogen) atoms. The van der Waals surface area contributed by atoms with E-state index in [0.29, 0.717) is 24.1 Å². The van der Waals surface area contributed by atoms with Crippen molar-refractivity contribution < 1.29 is 4.74 Å². The lowest BCUT2D eigenvalue weighted by atomic mass is 10.1. The lowest BCUT2D eigenvalue weighted by molar-refractivity contribution is 0.132. The molecule has 2 aromatic heterocycles. The summed E-state index contributed by atoms with van der Waals surface area (Å²) in [5.74, 6) is 2.14. The predicted octanol–water partition coefficient (Wildman–Crippen LogP) is 6.87. The SMILES string of the molecule is CCN1CCN(Cc2ccc3[nH]c(-c4cnn(Cc5cc(Cl)ccc5OCC(C)C)c4C)nc3c2)CC1.Cl.Cl.Cl. The molecule has 7 nitrogen and oxygen atoms in total. The molecule has 1 aliphatic heterocycles. The Kier molecular flexibility index (Phi) is 13.1. The zero-order valence-electron chi connectivity index (χ0n) is 23.5. The zero-order valence-corrected chi connectivity index (χ0v) is 26.7. The minimum absolute atomic E-state index is 0. The number of aromatic nitrogens is 4. The highest BCUT2D eigenvalue weighted by Crippen LogP contribution is 2.28. The van der Waals surface area contributed by atoms with Crippen LogP contribution in [0.15, 0.2) is 42.6 Å². The molecule has 0 bridgehead atoms. The number of rotatable bonds is 9. The number of nitrogens with one attached hydrogen (secondary N) is 1. The molecule has 1 aliphatic rings. The first kappa shape index (κ1) is 34.2. The van der Waals surface area contributed by atoms with Gasteiger partial charge >= 0.3 is 0 Å². The van der Waals surface area contributed by atoms with Crippen LogP contribution in [0.5, 0.6) is 5.75 Å². The first-order valence-electron chi connectivity index (χ1n) is 13.3. The highest BCUT2D eigenvalue weighted by molar-refractivity contribution is 6.30.